The van der Waals surface area contributed by atoms with E-state index in [2.05, 4.69) is 42.6 Å². The van der Waals surface area contributed by atoms with E-state index in [9.17, 15) is 0 Å². The van der Waals surface area contributed by atoms with Crippen LogP contribution in [-0.4, -0.2) is 6.04 Å². The zero-order valence-electron chi connectivity index (χ0n) is 10.3. The molecule has 1 aliphatic carbocycles. The zero-order chi connectivity index (χ0) is 11.2. The van der Waals surface area contributed by atoms with Gasteiger partial charge in [0.1, 0.15) is 0 Å². The summed E-state index contributed by atoms with van der Waals surface area (Å²) in [6.07, 6.45) is 7.17. The zero-order valence-corrected chi connectivity index (χ0v) is 10.3. The predicted octanol–water partition coefficient (Wildman–Crippen LogP) is 3.75. The second-order valence-corrected chi connectivity index (χ2v) is 5.15. The summed E-state index contributed by atoms with van der Waals surface area (Å²) in [5.41, 5.74) is 1.39. The molecule has 0 aromatic heterocycles. The second kappa shape index (κ2) is 6.05. The number of benzene rings is 1. The fourth-order valence-electron chi connectivity index (χ4n) is 2.72. The minimum atomic E-state index is 0.656. The van der Waals surface area contributed by atoms with Crippen LogP contribution in [0.2, 0.25) is 0 Å². The molecule has 0 amide bonds. The van der Waals surface area contributed by atoms with Crippen LogP contribution in [0.5, 0.6) is 0 Å². The first-order chi connectivity index (χ1) is 7.84. The summed E-state index contributed by atoms with van der Waals surface area (Å²) in [5.74, 6) is 0.985. The van der Waals surface area contributed by atoms with Crippen molar-refractivity contribution in [1.82, 2.24) is 5.32 Å². The highest BCUT2D eigenvalue weighted by Gasteiger charge is 2.17. The molecular weight excluding hydrogens is 194 g/mol. The number of rotatable bonds is 5. The van der Waals surface area contributed by atoms with E-state index in [4.69, 9.17) is 0 Å². The molecule has 2 rings (SSSR count). The van der Waals surface area contributed by atoms with Gasteiger partial charge in [-0.3, -0.25) is 0 Å². The fraction of sp³-hybridized carbons (Fsp3) is 0.600. The van der Waals surface area contributed by atoms with E-state index in [0.717, 1.165) is 12.5 Å². The summed E-state index contributed by atoms with van der Waals surface area (Å²) in [6, 6.07) is 11.3. The summed E-state index contributed by atoms with van der Waals surface area (Å²) >= 11 is 0. The third-order valence-corrected chi connectivity index (χ3v) is 3.66. The molecule has 1 aromatic rings. The summed E-state index contributed by atoms with van der Waals surface area (Å²) < 4.78 is 0. The molecular formula is C15H23N. The van der Waals surface area contributed by atoms with Gasteiger partial charge in [-0.25, -0.2) is 0 Å². The standard InChI is InChI=1S/C15H23N/c1-13(11-14-7-5-6-8-14)16-12-15-9-3-2-4-10-15/h2-4,9-10,13-14,16H,5-8,11-12H2,1H3/t13-/m1/s1. The van der Waals surface area contributed by atoms with Gasteiger partial charge in [0, 0.05) is 12.6 Å². The van der Waals surface area contributed by atoms with E-state index in [-0.39, 0.29) is 0 Å². The average molecular weight is 217 g/mol. The maximum atomic E-state index is 3.63. The Bertz CT molecular complexity index is 288. The lowest BCUT2D eigenvalue weighted by Crippen LogP contribution is -2.27. The van der Waals surface area contributed by atoms with Crippen LogP contribution < -0.4 is 5.32 Å². The monoisotopic (exact) mass is 217 g/mol. The van der Waals surface area contributed by atoms with Crippen molar-refractivity contribution in [3.8, 4) is 0 Å². The van der Waals surface area contributed by atoms with Gasteiger partial charge in [-0.1, -0.05) is 56.0 Å². The molecule has 1 aromatic carbocycles. The van der Waals surface area contributed by atoms with Crippen molar-refractivity contribution in [3.63, 3.8) is 0 Å². The van der Waals surface area contributed by atoms with Crippen LogP contribution >= 0.6 is 0 Å². The Morgan fingerprint density at radius 3 is 2.56 bits per heavy atom. The van der Waals surface area contributed by atoms with Gasteiger partial charge in [-0.2, -0.15) is 0 Å². The predicted molar refractivity (Wildman–Crippen MR) is 69.3 cm³/mol. The Hall–Kier alpha value is -0.820. The van der Waals surface area contributed by atoms with Gasteiger partial charge in [0.25, 0.3) is 0 Å². The molecule has 0 saturated heterocycles. The maximum absolute atomic E-state index is 3.63. The molecule has 1 atom stereocenters. The molecule has 1 saturated carbocycles. The molecule has 1 aliphatic rings. The molecule has 1 nitrogen and oxygen atoms in total. The van der Waals surface area contributed by atoms with Crippen LogP contribution in [0.1, 0.15) is 44.6 Å². The highest BCUT2D eigenvalue weighted by molar-refractivity contribution is 5.14. The lowest BCUT2D eigenvalue weighted by molar-refractivity contribution is 0.404. The molecule has 16 heavy (non-hydrogen) atoms. The van der Waals surface area contributed by atoms with E-state index in [1.165, 1.54) is 37.7 Å². The largest absolute Gasteiger partial charge is 0.310 e. The maximum Gasteiger partial charge on any atom is 0.0207 e. The molecule has 88 valence electrons. The van der Waals surface area contributed by atoms with E-state index in [0.29, 0.717) is 6.04 Å². The SMILES string of the molecule is C[C@H](CC1CCCC1)NCc1ccccc1. The Kier molecular flexibility index (Phi) is 4.41. The van der Waals surface area contributed by atoms with Crippen LogP contribution in [0.3, 0.4) is 0 Å². The molecule has 0 heterocycles. The third-order valence-electron chi connectivity index (χ3n) is 3.66. The number of hydrogen-bond donors (Lipinski definition) is 1. The van der Waals surface area contributed by atoms with Crippen molar-refractivity contribution >= 4 is 0 Å². The lowest BCUT2D eigenvalue weighted by atomic mass is 9.99. The number of hydrogen-bond acceptors (Lipinski definition) is 1. The van der Waals surface area contributed by atoms with Crippen molar-refractivity contribution in [2.24, 2.45) is 5.92 Å². The van der Waals surface area contributed by atoms with Gasteiger partial charge in [0.15, 0.2) is 0 Å². The number of nitrogens with one attached hydrogen (secondary N) is 1. The first-order valence-electron chi connectivity index (χ1n) is 6.62. The minimum Gasteiger partial charge on any atom is -0.310 e. The van der Waals surface area contributed by atoms with Crippen molar-refractivity contribution in [2.75, 3.05) is 0 Å². The van der Waals surface area contributed by atoms with Crippen molar-refractivity contribution in [1.29, 1.82) is 0 Å². The van der Waals surface area contributed by atoms with Crippen LogP contribution in [0.4, 0.5) is 0 Å². The van der Waals surface area contributed by atoms with Crippen LogP contribution in [0.15, 0.2) is 30.3 Å². The van der Waals surface area contributed by atoms with Gasteiger partial charge in [0.05, 0.1) is 0 Å². The smallest absolute Gasteiger partial charge is 0.0207 e. The summed E-state index contributed by atoms with van der Waals surface area (Å²) in [6.45, 7) is 3.33. The quantitative estimate of drug-likeness (QED) is 0.792. The topological polar surface area (TPSA) is 12.0 Å². The Labute approximate surface area is 99.3 Å². The van der Waals surface area contributed by atoms with E-state index in [1.807, 2.05) is 0 Å². The first kappa shape index (κ1) is 11.7. The minimum absolute atomic E-state index is 0.656. The van der Waals surface area contributed by atoms with Crippen molar-refractivity contribution in [3.05, 3.63) is 35.9 Å². The second-order valence-electron chi connectivity index (χ2n) is 5.15. The normalized spacial score (nSPS) is 18.8. The van der Waals surface area contributed by atoms with Crippen LogP contribution in [0, 0.1) is 5.92 Å². The average Bonchev–Trinajstić information content (AvgIpc) is 2.81. The first-order valence-corrected chi connectivity index (χ1v) is 6.62. The van der Waals surface area contributed by atoms with Gasteiger partial charge >= 0.3 is 0 Å². The fourth-order valence-corrected chi connectivity index (χ4v) is 2.72. The Morgan fingerprint density at radius 1 is 1.19 bits per heavy atom. The van der Waals surface area contributed by atoms with Crippen LogP contribution in [0.25, 0.3) is 0 Å². The van der Waals surface area contributed by atoms with Gasteiger partial charge in [-0.15, -0.1) is 0 Å². The third kappa shape index (κ3) is 3.64. The van der Waals surface area contributed by atoms with Gasteiger partial charge in [-0.05, 0) is 24.8 Å². The van der Waals surface area contributed by atoms with Crippen molar-refractivity contribution < 1.29 is 0 Å². The van der Waals surface area contributed by atoms with Crippen molar-refractivity contribution in [2.45, 2.75) is 51.6 Å². The summed E-state index contributed by atoms with van der Waals surface area (Å²) in [4.78, 5) is 0. The summed E-state index contributed by atoms with van der Waals surface area (Å²) in [7, 11) is 0. The van der Waals surface area contributed by atoms with Gasteiger partial charge < -0.3 is 5.32 Å². The molecule has 0 unspecified atom stereocenters. The summed E-state index contributed by atoms with van der Waals surface area (Å²) in [5, 5.41) is 3.63. The molecule has 1 N–H and O–H groups in total. The highest BCUT2D eigenvalue weighted by Crippen LogP contribution is 2.28. The van der Waals surface area contributed by atoms with Crippen LogP contribution in [-0.2, 0) is 6.54 Å². The Morgan fingerprint density at radius 2 is 1.88 bits per heavy atom. The molecule has 0 radical (unpaired) electrons. The van der Waals surface area contributed by atoms with E-state index < -0.39 is 0 Å². The van der Waals surface area contributed by atoms with E-state index in [1.54, 1.807) is 0 Å². The lowest BCUT2D eigenvalue weighted by Gasteiger charge is -2.17. The van der Waals surface area contributed by atoms with Gasteiger partial charge in [0.2, 0.25) is 0 Å². The van der Waals surface area contributed by atoms with E-state index >= 15 is 0 Å². The molecule has 0 aliphatic heterocycles. The molecule has 0 spiro atoms. The molecule has 0 bridgehead atoms. The highest BCUT2D eigenvalue weighted by atomic mass is 14.9. The molecule has 1 fully saturated rings. The Balaban J connectivity index is 1.69. The molecule has 1 heteroatoms.